The van der Waals surface area contributed by atoms with E-state index in [1.165, 1.54) is 22.3 Å². The van der Waals surface area contributed by atoms with E-state index < -0.39 is 0 Å². The number of pyridine rings is 1. The summed E-state index contributed by atoms with van der Waals surface area (Å²) in [6.45, 7) is 10.6. The summed E-state index contributed by atoms with van der Waals surface area (Å²) in [6.07, 6.45) is 4.06. The SMILES string of the molecule is CC(C)=C/C(C)=C(\C)c1cc(C)ccn1. The van der Waals surface area contributed by atoms with Crippen LogP contribution in [0.15, 0.2) is 35.6 Å². The second kappa shape index (κ2) is 4.92. The molecule has 0 aliphatic carbocycles. The lowest BCUT2D eigenvalue weighted by Crippen LogP contribution is -1.89. The number of aryl methyl sites for hydroxylation is 1. The standard InChI is InChI=1S/C14H19N/c1-10(2)8-12(4)13(5)14-9-11(3)6-7-15-14/h6-9H,1-5H3/b13-12+. The Morgan fingerprint density at radius 2 is 1.87 bits per heavy atom. The Morgan fingerprint density at radius 1 is 1.20 bits per heavy atom. The molecular weight excluding hydrogens is 182 g/mol. The third-order valence-electron chi connectivity index (χ3n) is 2.40. The summed E-state index contributed by atoms with van der Waals surface area (Å²) in [7, 11) is 0. The van der Waals surface area contributed by atoms with Crippen molar-refractivity contribution in [3.8, 4) is 0 Å². The van der Waals surface area contributed by atoms with Gasteiger partial charge in [0.1, 0.15) is 0 Å². The normalized spacial score (nSPS) is 12.1. The third-order valence-corrected chi connectivity index (χ3v) is 2.40. The molecule has 0 aliphatic rings. The van der Waals surface area contributed by atoms with Crippen molar-refractivity contribution in [2.24, 2.45) is 0 Å². The zero-order valence-electron chi connectivity index (χ0n) is 10.3. The van der Waals surface area contributed by atoms with Crippen LogP contribution in [-0.2, 0) is 0 Å². The number of rotatable bonds is 2. The Kier molecular flexibility index (Phi) is 3.84. The van der Waals surface area contributed by atoms with Crippen molar-refractivity contribution in [2.45, 2.75) is 34.6 Å². The van der Waals surface area contributed by atoms with Crippen molar-refractivity contribution >= 4 is 5.57 Å². The highest BCUT2D eigenvalue weighted by Gasteiger charge is 2.00. The molecule has 0 N–H and O–H groups in total. The molecule has 0 saturated heterocycles. The number of hydrogen-bond acceptors (Lipinski definition) is 1. The summed E-state index contributed by atoms with van der Waals surface area (Å²) in [5, 5.41) is 0. The van der Waals surface area contributed by atoms with E-state index >= 15 is 0 Å². The van der Waals surface area contributed by atoms with Crippen LogP contribution in [0.4, 0.5) is 0 Å². The van der Waals surface area contributed by atoms with Crippen LogP contribution in [0.3, 0.4) is 0 Å². The van der Waals surface area contributed by atoms with E-state index in [1.54, 1.807) is 0 Å². The Hall–Kier alpha value is -1.37. The number of allylic oxidation sites excluding steroid dienone is 4. The second-order valence-electron chi connectivity index (χ2n) is 4.25. The van der Waals surface area contributed by atoms with Crippen molar-refractivity contribution < 1.29 is 0 Å². The fourth-order valence-corrected chi connectivity index (χ4v) is 1.48. The number of aromatic nitrogens is 1. The van der Waals surface area contributed by atoms with E-state index in [1.807, 2.05) is 12.3 Å². The molecule has 0 fully saturated rings. The van der Waals surface area contributed by atoms with Crippen molar-refractivity contribution in [1.29, 1.82) is 0 Å². The number of nitrogens with zero attached hydrogens (tertiary/aromatic N) is 1. The molecule has 1 aromatic heterocycles. The third kappa shape index (κ3) is 3.35. The fourth-order valence-electron chi connectivity index (χ4n) is 1.48. The van der Waals surface area contributed by atoms with E-state index in [0.29, 0.717) is 0 Å². The van der Waals surface area contributed by atoms with Gasteiger partial charge in [0, 0.05) is 6.20 Å². The Labute approximate surface area is 92.6 Å². The van der Waals surface area contributed by atoms with Gasteiger partial charge in [0.25, 0.3) is 0 Å². The highest BCUT2D eigenvalue weighted by molar-refractivity contribution is 5.66. The van der Waals surface area contributed by atoms with Crippen LogP contribution in [0.1, 0.15) is 39.0 Å². The highest BCUT2D eigenvalue weighted by atomic mass is 14.7. The summed E-state index contributed by atoms with van der Waals surface area (Å²) < 4.78 is 0. The van der Waals surface area contributed by atoms with Crippen LogP contribution in [0.25, 0.3) is 5.57 Å². The van der Waals surface area contributed by atoms with E-state index in [2.05, 4.69) is 51.7 Å². The van der Waals surface area contributed by atoms with Gasteiger partial charge in [0.2, 0.25) is 0 Å². The summed E-state index contributed by atoms with van der Waals surface area (Å²) in [5.41, 5.74) is 6.18. The minimum atomic E-state index is 1.07. The molecule has 1 aromatic rings. The predicted octanol–water partition coefficient (Wildman–Crippen LogP) is 4.15. The summed E-state index contributed by atoms with van der Waals surface area (Å²) in [6, 6.07) is 4.14. The van der Waals surface area contributed by atoms with Gasteiger partial charge in [0.15, 0.2) is 0 Å². The Balaban J connectivity index is 3.13. The minimum absolute atomic E-state index is 1.07. The van der Waals surface area contributed by atoms with Crippen molar-refractivity contribution in [1.82, 2.24) is 4.98 Å². The van der Waals surface area contributed by atoms with E-state index in [9.17, 15) is 0 Å². The van der Waals surface area contributed by atoms with Gasteiger partial charge in [-0.05, 0) is 63.5 Å². The van der Waals surface area contributed by atoms with E-state index in [4.69, 9.17) is 0 Å². The monoisotopic (exact) mass is 201 g/mol. The maximum Gasteiger partial charge on any atom is 0.0664 e. The molecule has 0 aromatic carbocycles. The first-order valence-corrected chi connectivity index (χ1v) is 5.26. The maximum atomic E-state index is 4.38. The van der Waals surface area contributed by atoms with E-state index in [-0.39, 0.29) is 0 Å². The molecule has 0 unspecified atom stereocenters. The van der Waals surface area contributed by atoms with Crippen LogP contribution in [-0.4, -0.2) is 4.98 Å². The highest BCUT2D eigenvalue weighted by Crippen LogP contribution is 2.18. The van der Waals surface area contributed by atoms with E-state index in [0.717, 1.165) is 5.69 Å². The summed E-state index contributed by atoms with van der Waals surface area (Å²) in [4.78, 5) is 4.38. The van der Waals surface area contributed by atoms with Gasteiger partial charge < -0.3 is 0 Å². The minimum Gasteiger partial charge on any atom is -0.257 e. The molecule has 0 radical (unpaired) electrons. The van der Waals surface area contributed by atoms with Gasteiger partial charge in [-0.25, -0.2) is 0 Å². The molecule has 15 heavy (non-hydrogen) atoms. The molecule has 1 rings (SSSR count). The Morgan fingerprint density at radius 3 is 2.40 bits per heavy atom. The second-order valence-corrected chi connectivity index (χ2v) is 4.25. The molecule has 1 heterocycles. The van der Waals surface area contributed by atoms with Crippen LogP contribution < -0.4 is 0 Å². The maximum absolute atomic E-state index is 4.38. The fraction of sp³-hybridized carbons (Fsp3) is 0.357. The van der Waals surface area contributed by atoms with Crippen LogP contribution >= 0.6 is 0 Å². The lowest BCUT2D eigenvalue weighted by atomic mass is 10.0. The van der Waals surface area contributed by atoms with Gasteiger partial charge in [-0.1, -0.05) is 11.6 Å². The average Bonchev–Trinajstić information content (AvgIpc) is 2.15. The zero-order valence-corrected chi connectivity index (χ0v) is 10.3. The lowest BCUT2D eigenvalue weighted by molar-refractivity contribution is 1.22. The van der Waals surface area contributed by atoms with Crippen molar-refractivity contribution in [3.05, 3.63) is 46.8 Å². The molecular formula is C14H19N. The molecule has 80 valence electrons. The molecule has 0 amide bonds. The first kappa shape index (κ1) is 11.7. The topological polar surface area (TPSA) is 12.9 Å². The summed E-state index contributed by atoms with van der Waals surface area (Å²) in [5.74, 6) is 0. The van der Waals surface area contributed by atoms with Crippen molar-refractivity contribution in [3.63, 3.8) is 0 Å². The van der Waals surface area contributed by atoms with Crippen molar-refractivity contribution in [2.75, 3.05) is 0 Å². The average molecular weight is 201 g/mol. The molecule has 0 saturated carbocycles. The first-order chi connectivity index (χ1) is 7.00. The largest absolute Gasteiger partial charge is 0.257 e. The first-order valence-electron chi connectivity index (χ1n) is 5.26. The lowest BCUT2D eigenvalue weighted by Gasteiger charge is -2.05. The molecule has 0 atom stereocenters. The number of hydrogen-bond donors (Lipinski definition) is 0. The van der Waals surface area contributed by atoms with Crippen LogP contribution in [0, 0.1) is 6.92 Å². The quantitative estimate of drug-likeness (QED) is 0.655. The molecule has 1 heteroatoms. The molecule has 0 spiro atoms. The molecule has 0 bridgehead atoms. The van der Waals surface area contributed by atoms with Gasteiger partial charge in [-0.3, -0.25) is 4.98 Å². The van der Waals surface area contributed by atoms with Gasteiger partial charge in [-0.2, -0.15) is 0 Å². The molecule has 1 nitrogen and oxygen atoms in total. The Bertz CT molecular complexity index is 407. The van der Waals surface area contributed by atoms with Gasteiger partial charge in [-0.15, -0.1) is 0 Å². The van der Waals surface area contributed by atoms with Gasteiger partial charge in [0.05, 0.1) is 5.69 Å². The van der Waals surface area contributed by atoms with Crippen LogP contribution in [0.2, 0.25) is 0 Å². The van der Waals surface area contributed by atoms with Gasteiger partial charge >= 0.3 is 0 Å². The van der Waals surface area contributed by atoms with Crippen LogP contribution in [0.5, 0.6) is 0 Å². The predicted molar refractivity (Wildman–Crippen MR) is 66.7 cm³/mol. The molecule has 0 aliphatic heterocycles. The summed E-state index contributed by atoms with van der Waals surface area (Å²) >= 11 is 0. The smallest absolute Gasteiger partial charge is 0.0664 e. The zero-order chi connectivity index (χ0) is 11.4.